The molecule has 6 nitrogen and oxygen atoms in total. The van der Waals surface area contributed by atoms with Crippen LogP contribution in [0.4, 0.5) is 5.69 Å². The molecule has 0 bridgehead atoms. The molecule has 2 heterocycles. The predicted octanol–water partition coefficient (Wildman–Crippen LogP) is 5.70. The number of benzene rings is 2. The van der Waals surface area contributed by atoms with Gasteiger partial charge < -0.3 is 14.4 Å². The molecule has 0 spiro atoms. The minimum atomic E-state index is -0.521. The summed E-state index contributed by atoms with van der Waals surface area (Å²) in [6.07, 6.45) is -0.113. The highest BCUT2D eigenvalue weighted by Crippen LogP contribution is 2.40. The minimum Gasteiger partial charge on any atom is -0.478 e. The van der Waals surface area contributed by atoms with Gasteiger partial charge in [0.15, 0.2) is 6.10 Å². The van der Waals surface area contributed by atoms with Crippen molar-refractivity contribution in [1.82, 2.24) is 4.98 Å². The molecule has 3 aromatic rings. The lowest BCUT2D eigenvalue weighted by Gasteiger charge is -2.34. The topological polar surface area (TPSA) is 68.7 Å². The van der Waals surface area contributed by atoms with E-state index in [1.54, 1.807) is 28.4 Å². The lowest BCUT2D eigenvalue weighted by molar-refractivity contribution is -0.126. The summed E-state index contributed by atoms with van der Waals surface area (Å²) in [5, 5.41) is 1.01. The van der Waals surface area contributed by atoms with Gasteiger partial charge in [0.05, 0.1) is 34.6 Å². The second-order valence-electron chi connectivity index (χ2n) is 8.41. The second kappa shape index (κ2) is 9.35. The summed E-state index contributed by atoms with van der Waals surface area (Å²) in [6.45, 7) is 10.0. The Morgan fingerprint density at radius 3 is 2.52 bits per heavy atom. The van der Waals surface area contributed by atoms with E-state index in [2.05, 4.69) is 11.9 Å². The fourth-order valence-electron chi connectivity index (χ4n) is 3.90. The van der Waals surface area contributed by atoms with Crippen LogP contribution in [0.2, 0.25) is 0 Å². The summed E-state index contributed by atoms with van der Waals surface area (Å²) in [4.78, 5) is 33.0. The van der Waals surface area contributed by atoms with Crippen LogP contribution in [-0.4, -0.2) is 29.1 Å². The Balaban J connectivity index is 1.66. The summed E-state index contributed by atoms with van der Waals surface area (Å²) >= 11 is 1.66. The fraction of sp³-hybridized carbons (Fsp3) is 0.346. The molecular formula is C26H28N2O4S. The number of fused-ring (bicyclic) bond motifs is 1. The van der Waals surface area contributed by atoms with E-state index in [4.69, 9.17) is 9.47 Å². The van der Waals surface area contributed by atoms with E-state index in [-0.39, 0.29) is 18.0 Å². The summed E-state index contributed by atoms with van der Waals surface area (Å²) in [5.41, 5.74) is 4.02. The van der Waals surface area contributed by atoms with Crippen molar-refractivity contribution in [3.05, 3.63) is 63.5 Å². The Labute approximate surface area is 198 Å². The largest absolute Gasteiger partial charge is 0.478 e. The summed E-state index contributed by atoms with van der Waals surface area (Å²) in [6, 6.07) is 13.1. The van der Waals surface area contributed by atoms with Crippen LogP contribution in [0, 0.1) is 13.8 Å². The highest BCUT2D eigenvalue weighted by molar-refractivity contribution is 7.11. The van der Waals surface area contributed by atoms with Gasteiger partial charge in [0.1, 0.15) is 5.75 Å². The lowest BCUT2D eigenvalue weighted by atomic mass is 10.0. The van der Waals surface area contributed by atoms with Crippen LogP contribution in [-0.2, 0) is 16.1 Å². The van der Waals surface area contributed by atoms with Crippen molar-refractivity contribution in [3.63, 3.8) is 0 Å². The Bertz CT molecular complexity index is 1180. The molecule has 0 saturated carbocycles. The monoisotopic (exact) mass is 464 g/mol. The smallest absolute Gasteiger partial charge is 0.338 e. The van der Waals surface area contributed by atoms with Gasteiger partial charge in [0.2, 0.25) is 0 Å². The van der Waals surface area contributed by atoms with Crippen molar-refractivity contribution < 1.29 is 19.1 Å². The maximum Gasteiger partial charge on any atom is 0.338 e. The number of rotatable bonds is 6. The number of hydrogen-bond acceptors (Lipinski definition) is 6. The predicted molar refractivity (Wildman–Crippen MR) is 130 cm³/mol. The Morgan fingerprint density at radius 2 is 1.91 bits per heavy atom. The zero-order valence-electron chi connectivity index (χ0n) is 19.5. The van der Waals surface area contributed by atoms with E-state index in [0.29, 0.717) is 24.3 Å². The van der Waals surface area contributed by atoms with E-state index in [1.165, 1.54) is 0 Å². The van der Waals surface area contributed by atoms with Crippen molar-refractivity contribution >= 4 is 28.9 Å². The summed E-state index contributed by atoms with van der Waals surface area (Å²) in [5.74, 6) is 0.262. The van der Waals surface area contributed by atoms with Gasteiger partial charge in [0.25, 0.3) is 5.91 Å². The van der Waals surface area contributed by atoms with Crippen molar-refractivity contribution in [2.24, 2.45) is 0 Å². The molecule has 1 unspecified atom stereocenters. The molecule has 0 N–H and O–H groups in total. The molecule has 33 heavy (non-hydrogen) atoms. The molecule has 0 aliphatic carbocycles. The van der Waals surface area contributed by atoms with Crippen LogP contribution < -0.4 is 9.64 Å². The molecule has 0 fully saturated rings. The quantitative estimate of drug-likeness (QED) is 0.438. The first-order valence-corrected chi connectivity index (χ1v) is 11.9. The highest BCUT2D eigenvalue weighted by atomic mass is 32.1. The number of aromatic nitrogens is 1. The number of ether oxygens (including phenoxy) is 2. The molecular weight excluding hydrogens is 436 g/mol. The van der Waals surface area contributed by atoms with Gasteiger partial charge >= 0.3 is 5.97 Å². The van der Waals surface area contributed by atoms with E-state index in [1.807, 2.05) is 58.0 Å². The van der Waals surface area contributed by atoms with E-state index >= 15 is 0 Å². The SMILES string of the molecule is CCC1Oc2ccc(-c3nc(C)sc3C)cc2N(Cc2ccc(C(=O)OC(C)C)cc2)C1=O. The van der Waals surface area contributed by atoms with Gasteiger partial charge in [-0.05, 0) is 70.0 Å². The zero-order valence-corrected chi connectivity index (χ0v) is 20.4. The molecule has 0 saturated heterocycles. The molecule has 1 aliphatic heterocycles. The van der Waals surface area contributed by atoms with Crippen LogP contribution in [0.15, 0.2) is 42.5 Å². The average Bonchev–Trinajstić information content (AvgIpc) is 3.13. The number of carbonyl (C=O) groups excluding carboxylic acids is 2. The first kappa shape index (κ1) is 23.0. The number of nitrogens with zero attached hydrogens (tertiary/aromatic N) is 2. The van der Waals surface area contributed by atoms with Gasteiger partial charge in [-0.2, -0.15) is 0 Å². The third-order valence-electron chi connectivity index (χ3n) is 5.48. The number of amides is 1. The van der Waals surface area contributed by atoms with Gasteiger partial charge in [-0.15, -0.1) is 11.3 Å². The third kappa shape index (κ3) is 4.78. The zero-order chi connectivity index (χ0) is 23.7. The molecule has 1 aliphatic rings. The standard InChI is InChI=1S/C26H28N2O4S/c1-6-22-25(29)28(14-18-7-9-19(10-8-18)26(30)31-15(2)3)21-13-20(11-12-23(21)32-22)24-16(4)33-17(5)27-24/h7-13,15,22H,6,14H2,1-5H3. The molecule has 4 rings (SSSR count). The van der Waals surface area contributed by atoms with Crippen LogP contribution in [0.5, 0.6) is 5.75 Å². The summed E-state index contributed by atoms with van der Waals surface area (Å²) < 4.78 is 11.3. The van der Waals surface area contributed by atoms with E-state index in [0.717, 1.165) is 32.4 Å². The van der Waals surface area contributed by atoms with Crippen LogP contribution in [0.3, 0.4) is 0 Å². The van der Waals surface area contributed by atoms with Crippen molar-refractivity contribution in [3.8, 4) is 17.0 Å². The molecule has 7 heteroatoms. The molecule has 2 aromatic carbocycles. The maximum absolute atomic E-state index is 13.3. The first-order valence-electron chi connectivity index (χ1n) is 11.1. The average molecular weight is 465 g/mol. The van der Waals surface area contributed by atoms with Crippen LogP contribution >= 0.6 is 11.3 Å². The highest BCUT2D eigenvalue weighted by Gasteiger charge is 2.33. The minimum absolute atomic E-state index is 0.0726. The number of hydrogen-bond donors (Lipinski definition) is 0. The van der Waals surface area contributed by atoms with E-state index < -0.39 is 6.10 Å². The van der Waals surface area contributed by atoms with Crippen molar-refractivity contribution in [2.75, 3.05) is 4.90 Å². The second-order valence-corrected chi connectivity index (χ2v) is 9.82. The maximum atomic E-state index is 13.3. The Hall–Kier alpha value is -3.19. The molecule has 172 valence electrons. The fourth-order valence-corrected chi connectivity index (χ4v) is 4.74. The van der Waals surface area contributed by atoms with Gasteiger partial charge in [-0.3, -0.25) is 4.79 Å². The Kier molecular flexibility index (Phi) is 6.51. The van der Waals surface area contributed by atoms with Crippen LogP contribution in [0.1, 0.15) is 53.0 Å². The van der Waals surface area contributed by atoms with E-state index in [9.17, 15) is 9.59 Å². The van der Waals surface area contributed by atoms with Crippen LogP contribution in [0.25, 0.3) is 11.3 Å². The first-order chi connectivity index (χ1) is 15.8. The normalized spacial score (nSPS) is 15.4. The van der Waals surface area contributed by atoms with Gasteiger partial charge in [0, 0.05) is 10.4 Å². The van der Waals surface area contributed by atoms with Gasteiger partial charge in [-0.1, -0.05) is 19.1 Å². The number of esters is 1. The molecule has 1 atom stereocenters. The summed E-state index contributed by atoms with van der Waals surface area (Å²) in [7, 11) is 0. The molecule has 1 amide bonds. The number of carbonyl (C=O) groups is 2. The van der Waals surface area contributed by atoms with Crippen molar-refractivity contribution in [2.45, 2.75) is 59.8 Å². The number of anilines is 1. The third-order valence-corrected chi connectivity index (χ3v) is 6.37. The molecule has 1 aromatic heterocycles. The Morgan fingerprint density at radius 1 is 1.18 bits per heavy atom. The van der Waals surface area contributed by atoms with Gasteiger partial charge in [-0.25, -0.2) is 9.78 Å². The van der Waals surface area contributed by atoms with Crippen molar-refractivity contribution in [1.29, 1.82) is 0 Å². The lowest BCUT2D eigenvalue weighted by Crippen LogP contribution is -2.45. The molecule has 0 radical (unpaired) electrons. The number of thiazole rings is 1. The number of aryl methyl sites for hydroxylation is 2.